The van der Waals surface area contributed by atoms with Gasteiger partial charge in [-0.2, -0.15) is 12.7 Å². The molecule has 110 valence electrons. The van der Waals surface area contributed by atoms with Crippen molar-refractivity contribution in [3.05, 3.63) is 34.9 Å². The molecule has 0 saturated heterocycles. The Morgan fingerprint density at radius 1 is 1.35 bits per heavy atom. The second-order valence-electron chi connectivity index (χ2n) is 5.30. The number of carboxylic acid groups (broad SMARTS) is 1. The standard InChI is InChI=1S/C13H18N2O4S/c1-9(2)6-14-20(18,19)15-7-11-4-3-10(13(16)17)5-12(11)8-15/h3-5,9,14H,6-8H2,1-2H3,(H,16,17). The minimum Gasteiger partial charge on any atom is -0.478 e. The van der Waals surface area contributed by atoms with Crippen LogP contribution in [0.3, 0.4) is 0 Å². The van der Waals surface area contributed by atoms with E-state index in [-0.39, 0.29) is 24.6 Å². The zero-order valence-electron chi connectivity index (χ0n) is 11.5. The van der Waals surface area contributed by atoms with Gasteiger partial charge >= 0.3 is 5.97 Å². The summed E-state index contributed by atoms with van der Waals surface area (Å²) in [6.45, 7) is 4.74. The van der Waals surface area contributed by atoms with Crippen molar-refractivity contribution >= 4 is 16.2 Å². The zero-order chi connectivity index (χ0) is 14.9. The fourth-order valence-electron chi connectivity index (χ4n) is 2.03. The fraction of sp³-hybridized carbons (Fsp3) is 0.462. The lowest BCUT2D eigenvalue weighted by Gasteiger charge is -2.17. The first-order valence-electron chi connectivity index (χ1n) is 6.39. The molecule has 1 aromatic carbocycles. The number of fused-ring (bicyclic) bond motifs is 1. The van der Waals surface area contributed by atoms with Crippen molar-refractivity contribution in [2.45, 2.75) is 26.9 Å². The molecular weight excluding hydrogens is 280 g/mol. The fourth-order valence-corrected chi connectivity index (χ4v) is 3.37. The van der Waals surface area contributed by atoms with Gasteiger partial charge in [-0.05, 0) is 29.2 Å². The van der Waals surface area contributed by atoms with E-state index in [1.165, 1.54) is 16.4 Å². The third-order valence-electron chi connectivity index (χ3n) is 3.16. The molecule has 0 fully saturated rings. The molecule has 20 heavy (non-hydrogen) atoms. The first kappa shape index (κ1) is 15.0. The Labute approximate surface area is 118 Å². The average molecular weight is 298 g/mol. The third kappa shape index (κ3) is 3.17. The summed E-state index contributed by atoms with van der Waals surface area (Å²) in [6.07, 6.45) is 0. The summed E-state index contributed by atoms with van der Waals surface area (Å²) in [6, 6.07) is 4.71. The molecule has 0 spiro atoms. The monoisotopic (exact) mass is 298 g/mol. The van der Waals surface area contributed by atoms with Crippen LogP contribution in [0.15, 0.2) is 18.2 Å². The number of benzene rings is 1. The molecule has 2 rings (SSSR count). The van der Waals surface area contributed by atoms with E-state index >= 15 is 0 Å². The highest BCUT2D eigenvalue weighted by Crippen LogP contribution is 2.25. The van der Waals surface area contributed by atoms with Crippen LogP contribution in [0, 0.1) is 5.92 Å². The Balaban J connectivity index is 2.14. The van der Waals surface area contributed by atoms with Crippen molar-refractivity contribution < 1.29 is 18.3 Å². The van der Waals surface area contributed by atoms with Gasteiger partial charge in [0.15, 0.2) is 0 Å². The number of carboxylic acids is 1. The van der Waals surface area contributed by atoms with Crippen molar-refractivity contribution in [3.63, 3.8) is 0 Å². The van der Waals surface area contributed by atoms with Gasteiger partial charge < -0.3 is 5.11 Å². The van der Waals surface area contributed by atoms with Crippen LogP contribution >= 0.6 is 0 Å². The maximum atomic E-state index is 12.1. The van der Waals surface area contributed by atoms with Gasteiger partial charge in [0.1, 0.15) is 0 Å². The summed E-state index contributed by atoms with van der Waals surface area (Å²) in [7, 11) is -3.52. The molecular formula is C13H18N2O4S. The van der Waals surface area contributed by atoms with E-state index in [1.54, 1.807) is 6.07 Å². The summed E-state index contributed by atoms with van der Waals surface area (Å²) in [4.78, 5) is 10.9. The van der Waals surface area contributed by atoms with Crippen LogP contribution < -0.4 is 4.72 Å². The molecule has 0 amide bonds. The van der Waals surface area contributed by atoms with Gasteiger partial charge in [-0.25, -0.2) is 9.52 Å². The van der Waals surface area contributed by atoms with E-state index in [4.69, 9.17) is 5.11 Å². The summed E-state index contributed by atoms with van der Waals surface area (Å²) in [5.41, 5.74) is 1.78. The Morgan fingerprint density at radius 3 is 2.60 bits per heavy atom. The largest absolute Gasteiger partial charge is 0.478 e. The van der Waals surface area contributed by atoms with Crippen LogP contribution in [0.5, 0.6) is 0 Å². The van der Waals surface area contributed by atoms with Gasteiger partial charge in [0, 0.05) is 19.6 Å². The molecule has 0 bridgehead atoms. The first-order valence-corrected chi connectivity index (χ1v) is 7.83. The molecule has 1 heterocycles. The van der Waals surface area contributed by atoms with Crippen molar-refractivity contribution in [2.75, 3.05) is 6.54 Å². The molecule has 1 aliphatic rings. The van der Waals surface area contributed by atoms with Gasteiger partial charge in [0.05, 0.1) is 5.56 Å². The summed E-state index contributed by atoms with van der Waals surface area (Å²) in [5, 5.41) is 8.94. The van der Waals surface area contributed by atoms with Crippen molar-refractivity contribution in [1.29, 1.82) is 0 Å². The molecule has 0 unspecified atom stereocenters. The Kier molecular flexibility index (Phi) is 4.12. The SMILES string of the molecule is CC(C)CNS(=O)(=O)N1Cc2ccc(C(=O)O)cc2C1. The molecule has 7 heteroatoms. The lowest BCUT2D eigenvalue weighted by molar-refractivity contribution is 0.0696. The molecule has 0 aromatic heterocycles. The average Bonchev–Trinajstić information content (AvgIpc) is 2.80. The Bertz CT molecular complexity index is 625. The van der Waals surface area contributed by atoms with E-state index in [2.05, 4.69) is 4.72 Å². The number of aromatic carboxylic acids is 1. The van der Waals surface area contributed by atoms with E-state index in [1.807, 2.05) is 13.8 Å². The van der Waals surface area contributed by atoms with Crippen LogP contribution in [-0.2, 0) is 23.3 Å². The third-order valence-corrected chi connectivity index (χ3v) is 4.63. The topological polar surface area (TPSA) is 86.7 Å². The number of nitrogens with one attached hydrogen (secondary N) is 1. The summed E-state index contributed by atoms with van der Waals surface area (Å²) >= 11 is 0. The number of rotatable bonds is 5. The zero-order valence-corrected chi connectivity index (χ0v) is 12.3. The van der Waals surface area contributed by atoms with Crippen LogP contribution in [-0.4, -0.2) is 30.3 Å². The van der Waals surface area contributed by atoms with E-state index in [0.29, 0.717) is 6.54 Å². The van der Waals surface area contributed by atoms with E-state index in [9.17, 15) is 13.2 Å². The van der Waals surface area contributed by atoms with Gasteiger partial charge in [0.2, 0.25) is 0 Å². The van der Waals surface area contributed by atoms with Gasteiger partial charge in [0.25, 0.3) is 10.2 Å². The second-order valence-corrected chi connectivity index (χ2v) is 7.06. The van der Waals surface area contributed by atoms with Gasteiger partial charge in [-0.15, -0.1) is 0 Å². The lowest BCUT2D eigenvalue weighted by atomic mass is 10.1. The normalized spacial score (nSPS) is 15.6. The maximum Gasteiger partial charge on any atom is 0.335 e. The number of nitrogens with zero attached hydrogens (tertiary/aromatic N) is 1. The van der Waals surface area contributed by atoms with Crippen molar-refractivity contribution in [1.82, 2.24) is 9.03 Å². The summed E-state index contributed by atoms with van der Waals surface area (Å²) in [5.74, 6) is -0.777. The predicted octanol–water partition coefficient (Wildman–Crippen LogP) is 1.19. The van der Waals surface area contributed by atoms with Crippen molar-refractivity contribution in [3.8, 4) is 0 Å². The molecule has 1 aliphatic heterocycles. The van der Waals surface area contributed by atoms with Gasteiger partial charge in [-0.3, -0.25) is 0 Å². The molecule has 0 saturated carbocycles. The van der Waals surface area contributed by atoms with Crippen molar-refractivity contribution in [2.24, 2.45) is 5.92 Å². The van der Waals surface area contributed by atoms with Crippen LogP contribution in [0.2, 0.25) is 0 Å². The van der Waals surface area contributed by atoms with E-state index < -0.39 is 16.2 Å². The minimum atomic E-state index is -3.52. The second kappa shape index (κ2) is 5.51. The number of hydrogen-bond acceptors (Lipinski definition) is 3. The van der Waals surface area contributed by atoms with Crippen LogP contribution in [0.25, 0.3) is 0 Å². The quantitative estimate of drug-likeness (QED) is 0.855. The Morgan fingerprint density at radius 2 is 2.00 bits per heavy atom. The highest BCUT2D eigenvalue weighted by atomic mass is 32.2. The number of carbonyl (C=O) groups is 1. The maximum absolute atomic E-state index is 12.1. The predicted molar refractivity (Wildman–Crippen MR) is 74.4 cm³/mol. The molecule has 0 radical (unpaired) electrons. The van der Waals surface area contributed by atoms with Gasteiger partial charge in [-0.1, -0.05) is 19.9 Å². The Hall–Kier alpha value is -1.44. The first-order chi connectivity index (χ1) is 9.29. The molecule has 1 aromatic rings. The highest BCUT2D eigenvalue weighted by Gasteiger charge is 2.29. The summed E-state index contributed by atoms with van der Waals surface area (Å²) < 4.78 is 28.1. The smallest absolute Gasteiger partial charge is 0.335 e. The molecule has 0 atom stereocenters. The van der Waals surface area contributed by atoms with Crippen LogP contribution in [0.1, 0.15) is 35.3 Å². The molecule has 2 N–H and O–H groups in total. The highest BCUT2D eigenvalue weighted by molar-refractivity contribution is 7.87. The van der Waals surface area contributed by atoms with Crippen LogP contribution in [0.4, 0.5) is 0 Å². The number of hydrogen-bond donors (Lipinski definition) is 2. The molecule has 0 aliphatic carbocycles. The molecule has 6 nitrogen and oxygen atoms in total. The lowest BCUT2D eigenvalue weighted by Crippen LogP contribution is -2.39. The minimum absolute atomic E-state index is 0.179. The van der Waals surface area contributed by atoms with E-state index in [0.717, 1.165) is 11.1 Å².